The monoisotopic (exact) mass is 330 g/mol. The Kier molecular flexibility index (Phi) is 6.33. The van der Waals surface area contributed by atoms with Crippen molar-refractivity contribution >= 4 is 5.96 Å². The van der Waals surface area contributed by atoms with Gasteiger partial charge < -0.3 is 15.4 Å². The maximum Gasteiger partial charge on any atom is 0.213 e. The van der Waals surface area contributed by atoms with E-state index in [0.29, 0.717) is 18.7 Å². The number of hydrogen-bond acceptors (Lipinski definition) is 3. The van der Waals surface area contributed by atoms with Crippen LogP contribution in [-0.2, 0) is 6.54 Å². The summed E-state index contributed by atoms with van der Waals surface area (Å²) >= 11 is 0. The fourth-order valence-electron chi connectivity index (χ4n) is 3.54. The molecule has 0 radical (unpaired) electrons. The molecule has 0 unspecified atom stereocenters. The van der Waals surface area contributed by atoms with Gasteiger partial charge in [-0.15, -0.1) is 0 Å². The quantitative estimate of drug-likeness (QED) is 0.620. The van der Waals surface area contributed by atoms with Crippen molar-refractivity contribution in [2.75, 3.05) is 6.54 Å². The molecule has 0 aliphatic heterocycles. The third kappa shape index (κ3) is 5.11. The summed E-state index contributed by atoms with van der Waals surface area (Å²) in [4.78, 5) is 9.08. The van der Waals surface area contributed by atoms with E-state index < -0.39 is 0 Å². The largest absolute Gasteiger partial charge is 0.474 e. The van der Waals surface area contributed by atoms with E-state index in [1.807, 2.05) is 18.3 Å². The highest BCUT2D eigenvalue weighted by Crippen LogP contribution is 2.23. The smallest absolute Gasteiger partial charge is 0.213 e. The average molecular weight is 330 g/mol. The average Bonchev–Trinajstić information content (AvgIpc) is 3.27. The molecule has 2 aliphatic carbocycles. The maximum atomic E-state index is 5.99. The van der Waals surface area contributed by atoms with Crippen LogP contribution in [-0.4, -0.2) is 29.6 Å². The van der Waals surface area contributed by atoms with Gasteiger partial charge in [-0.3, -0.25) is 0 Å². The highest BCUT2D eigenvalue weighted by atomic mass is 16.5. The Morgan fingerprint density at radius 1 is 1.21 bits per heavy atom. The summed E-state index contributed by atoms with van der Waals surface area (Å²) in [6.07, 6.45) is 12.2. The molecule has 2 aliphatic rings. The third-order valence-corrected chi connectivity index (χ3v) is 4.85. The van der Waals surface area contributed by atoms with E-state index in [0.717, 1.165) is 36.8 Å². The van der Waals surface area contributed by atoms with Gasteiger partial charge >= 0.3 is 0 Å². The molecule has 2 fully saturated rings. The van der Waals surface area contributed by atoms with Crippen LogP contribution < -0.4 is 15.4 Å². The fraction of sp³-hybridized carbons (Fsp3) is 0.684. The molecular formula is C19H30N4O. The predicted octanol–water partition coefficient (Wildman–Crippen LogP) is 3.40. The first-order valence-corrected chi connectivity index (χ1v) is 9.50. The Labute approximate surface area is 145 Å². The zero-order valence-corrected chi connectivity index (χ0v) is 14.8. The maximum absolute atomic E-state index is 5.99. The summed E-state index contributed by atoms with van der Waals surface area (Å²) in [6.45, 7) is 3.63. The van der Waals surface area contributed by atoms with Gasteiger partial charge in [-0.05, 0) is 57.1 Å². The molecule has 5 nitrogen and oxygen atoms in total. The van der Waals surface area contributed by atoms with E-state index in [1.165, 1.54) is 38.5 Å². The molecule has 132 valence electrons. The summed E-state index contributed by atoms with van der Waals surface area (Å²) in [6, 6.07) is 4.62. The minimum absolute atomic E-state index is 0.345. The molecule has 3 rings (SSSR count). The Morgan fingerprint density at radius 2 is 1.96 bits per heavy atom. The Hall–Kier alpha value is -1.78. The van der Waals surface area contributed by atoms with Crippen molar-refractivity contribution in [1.82, 2.24) is 15.6 Å². The number of aromatic nitrogens is 1. The molecule has 0 saturated heterocycles. The molecule has 1 aromatic rings. The first kappa shape index (κ1) is 17.1. The van der Waals surface area contributed by atoms with Crippen LogP contribution in [0.2, 0.25) is 0 Å². The first-order valence-electron chi connectivity index (χ1n) is 9.50. The van der Waals surface area contributed by atoms with Crippen molar-refractivity contribution in [3.8, 4) is 5.88 Å². The number of ether oxygens (including phenoxy) is 1. The lowest BCUT2D eigenvalue weighted by Crippen LogP contribution is -2.42. The normalized spacial score (nSPS) is 19.6. The Morgan fingerprint density at radius 3 is 2.71 bits per heavy atom. The van der Waals surface area contributed by atoms with Crippen LogP contribution >= 0.6 is 0 Å². The second-order valence-corrected chi connectivity index (χ2v) is 6.85. The summed E-state index contributed by atoms with van der Waals surface area (Å²) < 4.78 is 5.99. The molecule has 0 bridgehead atoms. The molecule has 2 N–H and O–H groups in total. The molecule has 0 amide bonds. The highest BCUT2D eigenvalue weighted by Gasteiger charge is 2.17. The second-order valence-electron chi connectivity index (χ2n) is 6.85. The van der Waals surface area contributed by atoms with E-state index in [9.17, 15) is 0 Å². The molecule has 2 saturated carbocycles. The molecule has 0 atom stereocenters. The first-order chi connectivity index (χ1) is 11.8. The van der Waals surface area contributed by atoms with Crippen molar-refractivity contribution < 1.29 is 4.74 Å². The van der Waals surface area contributed by atoms with E-state index in [1.54, 1.807) is 0 Å². The van der Waals surface area contributed by atoms with Gasteiger partial charge in [-0.2, -0.15) is 0 Å². The lowest BCUT2D eigenvalue weighted by molar-refractivity contribution is 0.201. The van der Waals surface area contributed by atoms with Crippen molar-refractivity contribution in [3.63, 3.8) is 0 Å². The van der Waals surface area contributed by atoms with E-state index in [4.69, 9.17) is 9.73 Å². The minimum atomic E-state index is 0.345. The summed E-state index contributed by atoms with van der Waals surface area (Å²) in [5.41, 5.74) is 1.14. The summed E-state index contributed by atoms with van der Waals surface area (Å²) in [7, 11) is 0. The van der Waals surface area contributed by atoms with Crippen molar-refractivity contribution in [2.45, 2.75) is 77.0 Å². The zero-order valence-electron chi connectivity index (χ0n) is 14.8. The molecule has 0 aromatic carbocycles. The number of rotatable bonds is 6. The Bertz CT molecular complexity index is 534. The van der Waals surface area contributed by atoms with Gasteiger partial charge in [0.05, 0.1) is 6.54 Å². The van der Waals surface area contributed by atoms with Gasteiger partial charge in [0.2, 0.25) is 5.88 Å². The van der Waals surface area contributed by atoms with Crippen molar-refractivity contribution in [3.05, 3.63) is 23.9 Å². The third-order valence-electron chi connectivity index (χ3n) is 4.85. The van der Waals surface area contributed by atoms with Gasteiger partial charge in [-0.1, -0.05) is 12.8 Å². The van der Waals surface area contributed by atoms with Crippen LogP contribution in [0.4, 0.5) is 0 Å². The number of nitrogens with zero attached hydrogens (tertiary/aromatic N) is 2. The molecule has 1 aromatic heterocycles. The van der Waals surface area contributed by atoms with Crippen LogP contribution in [0, 0.1) is 0 Å². The van der Waals surface area contributed by atoms with Crippen LogP contribution in [0.15, 0.2) is 23.3 Å². The number of pyridine rings is 1. The van der Waals surface area contributed by atoms with Gasteiger partial charge in [-0.25, -0.2) is 9.98 Å². The van der Waals surface area contributed by atoms with Gasteiger partial charge in [0.1, 0.15) is 6.10 Å². The molecule has 0 spiro atoms. The molecular weight excluding hydrogens is 300 g/mol. The molecule has 5 heteroatoms. The number of hydrogen-bond donors (Lipinski definition) is 2. The van der Waals surface area contributed by atoms with Crippen LogP contribution in [0.1, 0.15) is 63.9 Å². The van der Waals surface area contributed by atoms with E-state index >= 15 is 0 Å². The summed E-state index contributed by atoms with van der Waals surface area (Å²) in [5.74, 6) is 1.66. The van der Waals surface area contributed by atoms with Crippen molar-refractivity contribution in [1.29, 1.82) is 0 Å². The number of guanidine groups is 1. The topological polar surface area (TPSA) is 58.5 Å². The van der Waals surface area contributed by atoms with Gasteiger partial charge in [0.15, 0.2) is 5.96 Å². The van der Waals surface area contributed by atoms with Crippen LogP contribution in [0.3, 0.4) is 0 Å². The fourth-order valence-corrected chi connectivity index (χ4v) is 3.54. The second kappa shape index (κ2) is 8.90. The van der Waals surface area contributed by atoms with Gasteiger partial charge in [0, 0.05) is 24.8 Å². The minimum Gasteiger partial charge on any atom is -0.474 e. The van der Waals surface area contributed by atoms with E-state index in [-0.39, 0.29) is 0 Å². The summed E-state index contributed by atoms with van der Waals surface area (Å²) in [5, 5.41) is 6.90. The highest BCUT2D eigenvalue weighted by molar-refractivity contribution is 5.80. The lowest BCUT2D eigenvalue weighted by atomic mass is 10.2. The van der Waals surface area contributed by atoms with Crippen molar-refractivity contribution in [2.24, 2.45) is 4.99 Å². The van der Waals surface area contributed by atoms with Crippen LogP contribution in [0.25, 0.3) is 0 Å². The molecule has 24 heavy (non-hydrogen) atoms. The number of nitrogens with one attached hydrogen (secondary N) is 2. The van der Waals surface area contributed by atoms with E-state index in [2.05, 4.69) is 22.5 Å². The zero-order chi connectivity index (χ0) is 16.6. The predicted molar refractivity (Wildman–Crippen MR) is 97.3 cm³/mol. The molecule has 1 heterocycles. The lowest BCUT2D eigenvalue weighted by Gasteiger charge is -2.16. The standard InChI is InChI=1S/C19H30N4O/c1-2-20-19(23-16-7-3-4-8-16)22-14-15-11-12-21-18(13-15)24-17-9-5-6-10-17/h11-13,16-17H,2-10,14H2,1H3,(H2,20,22,23). The van der Waals surface area contributed by atoms with Crippen LogP contribution in [0.5, 0.6) is 5.88 Å². The number of aliphatic imine (C=N–C) groups is 1. The Balaban J connectivity index is 1.57. The van der Waals surface area contributed by atoms with Gasteiger partial charge in [0.25, 0.3) is 0 Å². The SMILES string of the molecule is CCNC(=NCc1ccnc(OC2CCCC2)c1)NC1CCCC1.